The number of ether oxygens (including phenoxy) is 1. The summed E-state index contributed by atoms with van der Waals surface area (Å²) in [6, 6.07) is 7.36. The second kappa shape index (κ2) is 8.18. The van der Waals surface area contributed by atoms with E-state index < -0.39 is 30.4 Å². The van der Waals surface area contributed by atoms with E-state index in [9.17, 15) is 22.0 Å². The zero-order valence-electron chi connectivity index (χ0n) is 18.1. The Labute approximate surface area is 194 Å². The number of amidine groups is 3. The molecule has 178 valence electrons. The molecule has 0 N–H and O–H groups in total. The van der Waals surface area contributed by atoms with E-state index in [0.29, 0.717) is 22.3 Å². The number of benzene rings is 2. The average molecular weight is 487 g/mol. The molecule has 13 heteroatoms. The molecule has 0 radical (unpaired) electrons. The lowest BCUT2D eigenvalue weighted by Crippen LogP contribution is -2.48. The summed E-state index contributed by atoms with van der Waals surface area (Å²) in [6.07, 6.45) is -4.62. The van der Waals surface area contributed by atoms with Gasteiger partial charge in [-0.1, -0.05) is 0 Å². The van der Waals surface area contributed by atoms with E-state index in [0.717, 1.165) is 0 Å². The second-order valence-electron chi connectivity index (χ2n) is 7.66. The Morgan fingerprint density at radius 2 is 1.20 bits per heavy atom. The van der Waals surface area contributed by atoms with Crippen LogP contribution in [0.25, 0.3) is 0 Å². The molecule has 0 saturated heterocycles. The number of aliphatic imine (C=N–C) groups is 6. The third kappa shape index (κ3) is 4.44. The molecule has 2 aromatic carbocycles. The van der Waals surface area contributed by atoms with Crippen LogP contribution in [-0.2, 0) is 4.74 Å². The van der Waals surface area contributed by atoms with Crippen LogP contribution in [0, 0.1) is 25.5 Å². The fraction of sp³-hybridized carbons (Fsp3) is 0.182. The van der Waals surface area contributed by atoms with Crippen LogP contribution in [0.2, 0.25) is 0 Å². The molecule has 0 atom stereocenters. The third-order valence-corrected chi connectivity index (χ3v) is 5.04. The molecule has 35 heavy (non-hydrogen) atoms. The van der Waals surface area contributed by atoms with Gasteiger partial charge in [-0.2, -0.15) is 43.1 Å². The number of halogens is 5. The van der Waals surface area contributed by atoms with Gasteiger partial charge >= 0.3 is 12.2 Å². The molecule has 0 bridgehead atoms. The van der Waals surface area contributed by atoms with Gasteiger partial charge in [-0.25, -0.2) is 13.7 Å². The predicted octanol–water partition coefficient (Wildman–Crippen LogP) is 4.12. The lowest BCUT2D eigenvalue weighted by atomic mass is 10.1. The van der Waals surface area contributed by atoms with Gasteiger partial charge in [-0.15, -0.1) is 0 Å². The molecule has 5 rings (SSSR count). The quantitative estimate of drug-likeness (QED) is 0.610. The van der Waals surface area contributed by atoms with Crippen molar-refractivity contribution >= 4 is 35.6 Å². The van der Waals surface area contributed by atoms with Gasteiger partial charge in [0, 0.05) is 11.1 Å². The monoisotopic (exact) mass is 487 g/mol. The van der Waals surface area contributed by atoms with Crippen molar-refractivity contribution in [3.63, 3.8) is 0 Å². The molecular formula is C22H14F5N7O. The van der Waals surface area contributed by atoms with Gasteiger partial charge < -0.3 is 4.74 Å². The zero-order valence-corrected chi connectivity index (χ0v) is 18.1. The molecule has 3 aliphatic rings. The first-order chi connectivity index (χ1) is 16.6. The minimum atomic E-state index is -4.62. The topological polar surface area (TPSA) is 86.6 Å². The van der Waals surface area contributed by atoms with Crippen LogP contribution in [0.1, 0.15) is 22.3 Å². The fourth-order valence-corrected chi connectivity index (χ4v) is 3.48. The molecule has 0 amide bonds. The maximum Gasteiger partial charge on any atom is 0.422 e. The van der Waals surface area contributed by atoms with E-state index in [1.165, 1.54) is 41.3 Å². The Kier molecular flexibility index (Phi) is 5.26. The normalized spacial score (nSPS) is 16.9. The van der Waals surface area contributed by atoms with Crippen molar-refractivity contribution in [2.24, 2.45) is 30.0 Å². The summed E-state index contributed by atoms with van der Waals surface area (Å²) < 4.78 is 70.1. The highest BCUT2D eigenvalue weighted by Gasteiger charge is 2.37. The first-order valence-corrected chi connectivity index (χ1v) is 10.1. The second-order valence-corrected chi connectivity index (χ2v) is 7.66. The van der Waals surface area contributed by atoms with E-state index in [4.69, 9.17) is 4.74 Å². The number of hydrogen-bond donors (Lipinski definition) is 0. The predicted molar refractivity (Wildman–Crippen MR) is 119 cm³/mol. The first kappa shape index (κ1) is 22.5. The average Bonchev–Trinajstić information content (AvgIpc) is 2.76. The number of guanidine groups is 3. The Hall–Kier alpha value is -4.29. The molecule has 0 unspecified atom stereocenters. The highest BCUT2D eigenvalue weighted by molar-refractivity contribution is 6.32. The van der Waals surface area contributed by atoms with Crippen LogP contribution < -0.4 is 0 Å². The number of nitrogens with zero attached hydrogens (tertiary/aromatic N) is 7. The van der Waals surface area contributed by atoms with Crippen LogP contribution in [0.3, 0.4) is 0 Å². The fourth-order valence-electron chi connectivity index (χ4n) is 3.48. The van der Waals surface area contributed by atoms with Crippen molar-refractivity contribution in [1.82, 2.24) is 4.90 Å². The third-order valence-electron chi connectivity index (χ3n) is 5.04. The number of aryl methyl sites for hydroxylation is 2. The molecular weight excluding hydrogens is 473 g/mol. The largest absolute Gasteiger partial charge is 0.454 e. The SMILES string of the molecule is Cc1cc(F)ccc1C1=NC2=NC(OCC(F)(F)F)=NC3=NC(c4ccc(F)cc4C)=NC(=N1)N23. The van der Waals surface area contributed by atoms with Crippen LogP contribution in [0.15, 0.2) is 66.4 Å². The van der Waals surface area contributed by atoms with E-state index in [1.54, 1.807) is 13.8 Å². The van der Waals surface area contributed by atoms with Crippen molar-refractivity contribution in [1.29, 1.82) is 0 Å². The van der Waals surface area contributed by atoms with Gasteiger partial charge in [-0.3, -0.25) is 0 Å². The van der Waals surface area contributed by atoms with Crippen molar-refractivity contribution < 1.29 is 26.7 Å². The molecule has 3 aliphatic heterocycles. The van der Waals surface area contributed by atoms with Crippen LogP contribution >= 0.6 is 0 Å². The molecule has 0 aromatic heterocycles. The minimum absolute atomic E-state index is 0.0276. The molecule has 0 spiro atoms. The summed E-state index contributed by atoms with van der Waals surface area (Å²) in [5, 5.41) is 0. The van der Waals surface area contributed by atoms with Crippen molar-refractivity contribution in [2.45, 2.75) is 20.0 Å². The first-order valence-electron chi connectivity index (χ1n) is 10.1. The highest BCUT2D eigenvalue weighted by Crippen LogP contribution is 2.24. The molecule has 2 aromatic rings. The van der Waals surface area contributed by atoms with Gasteiger partial charge in [0.25, 0.3) is 0 Å². The Balaban J connectivity index is 1.65. The van der Waals surface area contributed by atoms with E-state index in [-0.39, 0.29) is 29.5 Å². The summed E-state index contributed by atoms with van der Waals surface area (Å²) in [7, 11) is 0. The van der Waals surface area contributed by atoms with Crippen molar-refractivity contribution in [3.05, 3.63) is 70.3 Å². The molecule has 0 saturated carbocycles. The molecule has 8 nitrogen and oxygen atoms in total. The molecule has 3 heterocycles. The Morgan fingerprint density at radius 1 is 0.714 bits per heavy atom. The van der Waals surface area contributed by atoms with Gasteiger partial charge in [0.05, 0.1) is 0 Å². The molecule has 0 fully saturated rings. The summed E-state index contributed by atoms with van der Waals surface area (Å²) >= 11 is 0. The van der Waals surface area contributed by atoms with Crippen LogP contribution in [-0.4, -0.2) is 53.3 Å². The minimum Gasteiger partial charge on any atom is -0.454 e. The summed E-state index contributed by atoms with van der Waals surface area (Å²) in [5.74, 6) is -0.937. The van der Waals surface area contributed by atoms with E-state index >= 15 is 0 Å². The zero-order chi connectivity index (χ0) is 24.9. The Morgan fingerprint density at radius 3 is 1.69 bits per heavy atom. The van der Waals surface area contributed by atoms with Crippen LogP contribution in [0.4, 0.5) is 22.0 Å². The van der Waals surface area contributed by atoms with Gasteiger partial charge in [0.15, 0.2) is 18.3 Å². The lowest BCUT2D eigenvalue weighted by molar-refractivity contribution is -0.156. The summed E-state index contributed by atoms with van der Waals surface area (Å²) in [5.41, 5.74) is 1.95. The van der Waals surface area contributed by atoms with Crippen LogP contribution in [0.5, 0.6) is 0 Å². The maximum absolute atomic E-state index is 13.6. The van der Waals surface area contributed by atoms with E-state index in [2.05, 4.69) is 30.0 Å². The molecule has 0 aliphatic carbocycles. The smallest absolute Gasteiger partial charge is 0.422 e. The van der Waals surface area contributed by atoms with Gasteiger partial charge in [0.1, 0.15) is 11.6 Å². The van der Waals surface area contributed by atoms with Crippen molar-refractivity contribution in [3.8, 4) is 0 Å². The van der Waals surface area contributed by atoms with Gasteiger partial charge in [-0.05, 0) is 61.4 Å². The highest BCUT2D eigenvalue weighted by atomic mass is 19.4. The van der Waals surface area contributed by atoms with Crippen molar-refractivity contribution in [2.75, 3.05) is 6.61 Å². The number of alkyl halides is 3. The lowest BCUT2D eigenvalue weighted by Gasteiger charge is -2.30. The number of hydrogen-bond acceptors (Lipinski definition) is 8. The standard InChI is InChI=1S/C22H14F5N7O/c1-10-7-12(23)3-5-14(10)16-28-18-29-17(15-6-4-13(24)8-11(15)2)31-20-33-21(35-9-22(25,26)27)32-19(30-16)34(18)20/h3-8H,9H2,1-2H3. The van der Waals surface area contributed by atoms with E-state index in [1.807, 2.05) is 0 Å². The Bertz CT molecular complexity index is 1380. The summed E-state index contributed by atoms with van der Waals surface area (Å²) in [6.45, 7) is 1.68. The number of rotatable bonds is 3. The maximum atomic E-state index is 13.6. The summed E-state index contributed by atoms with van der Waals surface area (Å²) in [4.78, 5) is 26.7. The van der Waals surface area contributed by atoms with Gasteiger partial charge in [0.2, 0.25) is 17.9 Å².